The molecule has 0 amide bonds. The van der Waals surface area contributed by atoms with Gasteiger partial charge >= 0.3 is 0 Å². The van der Waals surface area contributed by atoms with Crippen molar-refractivity contribution in [3.63, 3.8) is 0 Å². The lowest BCUT2D eigenvalue weighted by Crippen LogP contribution is -2.07. The van der Waals surface area contributed by atoms with Crippen molar-refractivity contribution >= 4 is 30.7 Å². The van der Waals surface area contributed by atoms with Crippen LogP contribution in [-0.4, -0.2) is 24.1 Å². The van der Waals surface area contributed by atoms with Crippen molar-refractivity contribution in [2.24, 2.45) is 0 Å². The Morgan fingerprint density at radius 3 is 2.08 bits per heavy atom. The van der Waals surface area contributed by atoms with Crippen molar-refractivity contribution in [2.45, 2.75) is 25.2 Å². The van der Waals surface area contributed by atoms with Gasteiger partial charge in [-0.15, -0.1) is 0 Å². The smallest absolute Gasteiger partial charge is 0.229 e. The predicted octanol–water partition coefficient (Wildman–Crippen LogP) is 3.86. The van der Waals surface area contributed by atoms with Crippen LogP contribution in [0, 0.1) is 13.8 Å². The van der Waals surface area contributed by atoms with Gasteiger partial charge < -0.3 is 4.18 Å². The van der Waals surface area contributed by atoms with E-state index in [-0.39, 0.29) is 0 Å². The van der Waals surface area contributed by atoms with Gasteiger partial charge in [0.05, 0.1) is 10.6 Å². The van der Waals surface area contributed by atoms with E-state index in [2.05, 4.69) is 0 Å². The second-order valence-corrected chi connectivity index (χ2v) is 10.6. The van der Waals surface area contributed by atoms with Crippen molar-refractivity contribution < 1.29 is 16.8 Å². The van der Waals surface area contributed by atoms with Gasteiger partial charge in [0, 0.05) is 5.75 Å². The Labute approximate surface area is 149 Å². The summed E-state index contributed by atoms with van der Waals surface area (Å²) in [5, 5.41) is 0. The quantitative estimate of drug-likeness (QED) is 0.511. The van der Waals surface area contributed by atoms with Gasteiger partial charge in [0.25, 0.3) is 0 Å². The number of aryl methyl sites for hydroxylation is 2. The summed E-state index contributed by atoms with van der Waals surface area (Å²) in [5.74, 6) is 1.22. The Balaban J connectivity index is 1.76. The molecule has 4 nitrogen and oxygen atoms in total. The Hall–Kier alpha value is -1.31. The van der Waals surface area contributed by atoms with Crippen molar-refractivity contribution in [1.82, 2.24) is 0 Å². The Bertz CT molecular complexity index is 782. The summed E-state index contributed by atoms with van der Waals surface area (Å²) in [6.45, 7) is 3.87. The molecule has 2 aromatic carbocycles. The van der Waals surface area contributed by atoms with Crippen LogP contribution in [0.5, 0.6) is 5.75 Å². The van der Waals surface area contributed by atoms with Crippen LogP contribution in [0.15, 0.2) is 53.4 Å². The monoisotopic (exact) mass is 384 g/mol. The highest BCUT2D eigenvalue weighted by Crippen LogP contribution is 2.24. The molecule has 24 heavy (non-hydrogen) atoms. The van der Waals surface area contributed by atoms with Crippen LogP contribution >= 0.6 is 10.8 Å². The SMILES string of the molecule is Cc1ccc(OS(=O)CCCSS(=O)(=O)c2ccc(C)cc2)cc1. The molecule has 0 aliphatic carbocycles. The van der Waals surface area contributed by atoms with Gasteiger partial charge in [-0.05, 0) is 55.3 Å². The molecule has 0 saturated heterocycles. The van der Waals surface area contributed by atoms with Gasteiger partial charge in [-0.1, -0.05) is 35.4 Å². The molecule has 0 spiro atoms. The maximum absolute atomic E-state index is 12.2. The minimum atomic E-state index is -3.36. The van der Waals surface area contributed by atoms with Crippen LogP contribution in [-0.2, 0) is 19.9 Å². The minimum Gasteiger partial charge on any atom is -0.401 e. The van der Waals surface area contributed by atoms with E-state index in [4.69, 9.17) is 4.18 Å². The predicted molar refractivity (Wildman–Crippen MR) is 100 cm³/mol. The fraction of sp³-hybridized carbons (Fsp3) is 0.294. The summed E-state index contributed by atoms with van der Waals surface area (Å²) in [4.78, 5) is 0.301. The molecule has 0 fully saturated rings. The van der Waals surface area contributed by atoms with Gasteiger partial charge in [0.1, 0.15) is 5.75 Å². The average molecular weight is 385 g/mol. The first-order chi connectivity index (χ1) is 11.4. The zero-order valence-corrected chi connectivity index (χ0v) is 16.0. The van der Waals surface area contributed by atoms with Crippen molar-refractivity contribution in [3.8, 4) is 5.75 Å². The second kappa shape index (κ2) is 8.69. The molecular weight excluding hydrogens is 364 g/mol. The molecule has 0 aliphatic heterocycles. The second-order valence-electron chi connectivity index (χ2n) is 5.35. The summed E-state index contributed by atoms with van der Waals surface area (Å²) in [6.07, 6.45) is 0.494. The maximum Gasteiger partial charge on any atom is 0.229 e. The third kappa shape index (κ3) is 5.96. The largest absolute Gasteiger partial charge is 0.401 e. The lowest BCUT2D eigenvalue weighted by atomic mass is 10.2. The van der Waals surface area contributed by atoms with E-state index in [1.807, 2.05) is 26.0 Å². The van der Waals surface area contributed by atoms with Crippen LogP contribution in [0.4, 0.5) is 0 Å². The highest BCUT2D eigenvalue weighted by atomic mass is 33.1. The summed E-state index contributed by atoms with van der Waals surface area (Å²) in [6, 6.07) is 14.1. The molecule has 1 unspecified atom stereocenters. The van der Waals surface area contributed by atoms with Gasteiger partial charge in [-0.3, -0.25) is 0 Å². The van der Waals surface area contributed by atoms with E-state index >= 15 is 0 Å². The fourth-order valence-corrected chi connectivity index (χ4v) is 5.67. The zero-order valence-electron chi connectivity index (χ0n) is 13.6. The van der Waals surface area contributed by atoms with Gasteiger partial charge in [-0.25, -0.2) is 12.6 Å². The highest BCUT2D eigenvalue weighted by molar-refractivity contribution is 8.72. The number of benzene rings is 2. The standard InChI is InChI=1S/C17H20O4S3/c1-14-4-8-16(9-5-14)21-23(18)13-3-12-22-24(19,20)17-10-6-15(2)7-11-17/h4-11H,3,12-13H2,1-2H3. The third-order valence-corrected chi connectivity index (χ3v) is 7.84. The lowest BCUT2D eigenvalue weighted by molar-refractivity contribution is 0.561. The highest BCUT2D eigenvalue weighted by Gasteiger charge is 2.15. The van der Waals surface area contributed by atoms with Crippen molar-refractivity contribution in [3.05, 3.63) is 59.7 Å². The molecule has 2 aromatic rings. The lowest BCUT2D eigenvalue weighted by Gasteiger charge is -2.06. The number of hydrogen-bond donors (Lipinski definition) is 0. The molecule has 0 aliphatic rings. The first-order valence-corrected chi connectivity index (χ1v) is 11.7. The van der Waals surface area contributed by atoms with Crippen molar-refractivity contribution in [2.75, 3.05) is 11.5 Å². The van der Waals surface area contributed by atoms with Crippen LogP contribution in [0.1, 0.15) is 17.5 Å². The molecule has 130 valence electrons. The van der Waals surface area contributed by atoms with E-state index < -0.39 is 19.9 Å². The zero-order chi connectivity index (χ0) is 17.6. The Morgan fingerprint density at radius 2 is 1.50 bits per heavy atom. The summed E-state index contributed by atoms with van der Waals surface area (Å²) in [7, 11) is -2.49. The minimum absolute atomic E-state index is 0.296. The molecule has 0 radical (unpaired) electrons. The Morgan fingerprint density at radius 1 is 0.958 bits per heavy atom. The first kappa shape index (κ1) is 19.0. The van der Waals surface area contributed by atoms with Crippen LogP contribution in [0.3, 0.4) is 0 Å². The van der Waals surface area contributed by atoms with E-state index in [1.165, 1.54) is 0 Å². The molecule has 0 saturated carbocycles. The molecule has 2 rings (SSSR count). The molecular formula is C17H20O4S3. The molecule has 0 aromatic heterocycles. The van der Waals surface area contributed by atoms with Gasteiger partial charge in [-0.2, -0.15) is 0 Å². The van der Waals surface area contributed by atoms with Crippen LogP contribution in [0.2, 0.25) is 0 Å². The van der Waals surface area contributed by atoms with Gasteiger partial charge in [0.15, 0.2) is 0 Å². The Kier molecular flexibility index (Phi) is 6.89. The average Bonchev–Trinajstić information content (AvgIpc) is 2.54. The van der Waals surface area contributed by atoms with E-state index in [0.29, 0.717) is 28.6 Å². The van der Waals surface area contributed by atoms with E-state index in [1.54, 1.807) is 36.4 Å². The van der Waals surface area contributed by atoms with Gasteiger partial charge in [0.2, 0.25) is 19.9 Å². The number of hydrogen-bond acceptors (Lipinski definition) is 5. The summed E-state index contributed by atoms with van der Waals surface area (Å²) < 4.78 is 41.5. The topological polar surface area (TPSA) is 60.4 Å². The third-order valence-electron chi connectivity index (χ3n) is 3.21. The summed E-state index contributed by atoms with van der Waals surface area (Å²) in [5.41, 5.74) is 2.12. The molecule has 0 N–H and O–H groups in total. The van der Waals surface area contributed by atoms with Crippen LogP contribution in [0.25, 0.3) is 0 Å². The normalized spacial score (nSPS) is 12.8. The maximum atomic E-state index is 12.2. The summed E-state index contributed by atoms with van der Waals surface area (Å²) >= 11 is -1.46. The van der Waals surface area contributed by atoms with Crippen molar-refractivity contribution in [1.29, 1.82) is 0 Å². The first-order valence-electron chi connectivity index (χ1n) is 7.46. The number of rotatable bonds is 8. The van der Waals surface area contributed by atoms with E-state index in [0.717, 1.165) is 21.9 Å². The molecule has 0 bridgehead atoms. The fourth-order valence-electron chi connectivity index (χ4n) is 1.86. The van der Waals surface area contributed by atoms with Crippen LogP contribution < -0.4 is 4.18 Å². The van der Waals surface area contributed by atoms with E-state index in [9.17, 15) is 12.6 Å². The molecule has 0 heterocycles. The molecule has 1 atom stereocenters. The molecule has 7 heteroatoms.